The van der Waals surface area contributed by atoms with Crippen molar-refractivity contribution >= 4 is 28.3 Å². The lowest BCUT2D eigenvalue weighted by Crippen LogP contribution is -2.50. The second kappa shape index (κ2) is 10.7. The average molecular weight is 497 g/mol. The summed E-state index contributed by atoms with van der Waals surface area (Å²) in [5.74, 6) is 1.49. The Labute approximate surface area is 215 Å². The van der Waals surface area contributed by atoms with E-state index in [2.05, 4.69) is 39.4 Å². The Hall–Kier alpha value is -4.46. The van der Waals surface area contributed by atoms with E-state index in [9.17, 15) is 9.59 Å². The Morgan fingerprint density at radius 3 is 2.38 bits per heavy atom. The van der Waals surface area contributed by atoms with Crippen LogP contribution in [0.25, 0.3) is 22.0 Å². The van der Waals surface area contributed by atoms with Crippen LogP contribution in [0.4, 0.5) is 5.82 Å². The summed E-state index contributed by atoms with van der Waals surface area (Å²) < 4.78 is 11.0. The van der Waals surface area contributed by atoms with Crippen LogP contribution >= 0.6 is 0 Å². The zero-order valence-corrected chi connectivity index (χ0v) is 20.9. The number of carbonyl (C=O) groups excluding carboxylic acids is 2. The second-order valence-corrected chi connectivity index (χ2v) is 8.88. The maximum Gasteiger partial charge on any atom is 0.260 e. The minimum Gasteiger partial charge on any atom is -0.493 e. The number of piperazine rings is 1. The number of ketones is 1. The molecule has 0 radical (unpaired) electrons. The number of fused-ring (bicyclic) bond motifs is 1. The monoisotopic (exact) mass is 496 g/mol. The topological polar surface area (TPSA) is 84.9 Å². The zero-order valence-electron chi connectivity index (χ0n) is 20.9. The number of aromatic nitrogens is 2. The van der Waals surface area contributed by atoms with Gasteiger partial charge in [0.05, 0.1) is 12.8 Å². The van der Waals surface area contributed by atoms with Gasteiger partial charge in [0.25, 0.3) is 5.91 Å². The van der Waals surface area contributed by atoms with Crippen molar-refractivity contribution < 1.29 is 19.1 Å². The highest BCUT2D eigenvalue weighted by Crippen LogP contribution is 2.29. The van der Waals surface area contributed by atoms with E-state index >= 15 is 0 Å². The Kier molecular flexibility index (Phi) is 6.98. The van der Waals surface area contributed by atoms with Gasteiger partial charge < -0.3 is 19.3 Å². The lowest BCUT2D eigenvalue weighted by atomic mass is 10.0. The number of nitrogens with zero attached hydrogens (tertiary/aromatic N) is 4. The molecule has 8 heteroatoms. The van der Waals surface area contributed by atoms with Crippen molar-refractivity contribution in [2.75, 3.05) is 44.8 Å². The van der Waals surface area contributed by atoms with Gasteiger partial charge in [-0.1, -0.05) is 42.5 Å². The van der Waals surface area contributed by atoms with E-state index in [1.54, 1.807) is 23.1 Å². The van der Waals surface area contributed by atoms with Crippen LogP contribution in [0.1, 0.15) is 17.3 Å². The van der Waals surface area contributed by atoms with Crippen LogP contribution in [0.2, 0.25) is 0 Å². The number of amides is 1. The fraction of sp³-hybridized carbons (Fsp3) is 0.241. The first-order chi connectivity index (χ1) is 18.0. The second-order valence-electron chi connectivity index (χ2n) is 8.88. The number of methoxy groups -OCH3 is 1. The number of Topliss-reactive ketones (excluding diaryl/α,β-unsaturated/α-hetero) is 1. The maximum absolute atomic E-state index is 12.8. The van der Waals surface area contributed by atoms with E-state index in [1.165, 1.54) is 19.4 Å². The van der Waals surface area contributed by atoms with E-state index in [0.29, 0.717) is 43.2 Å². The third-order valence-electron chi connectivity index (χ3n) is 6.59. The van der Waals surface area contributed by atoms with Crippen molar-refractivity contribution in [3.8, 4) is 22.8 Å². The van der Waals surface area contributed by atoms with Gasteiger partial charge in [-0.2, -0.15) is 0 Å². The molecule has 1 saturated heterocycles. The van der Waals surface area contributed by atoms with Crippen LogP contribution in [0.15, 0.2) is 72.8 Å². The van der Waals surface area contributed by atoms with Gasteiger partial charge in [0.15, 0.2) is 29.7 Å². The fourth-order valence-corrected chi connectivity index (χ4v) is 4.51. The van der Waals surface area contributed by atoms with Gasteiger partial charge >= 0.3 is 0 Å². The first-order valence-corrected chi connectivity index (χ1v) is 12.2. The van der Waals surface area contributed by atoms with Gasteiger partial charge in [0, 0.05) is 37.3 Å². The van der Waals surface area contributed by atoms with Crippen LogP contribution in [-0.4, -0.2) is 66.7 Å². The fourth-order valence-electron chi connectivity index (χ4n) is 4.51. The number of rotatable bonds is 7. The van der Waals surface area contributed by atoms with Gasteiger partial charge in [-0.05, 0) is 48.0 Å². The smallest absolute Gasteiger partial charge is 0.260 e. The molecule has 2 heterocycles. The van der Waals surface area contributed by atoms with Crippen molar-refractivity contribution in [3.05, 3.63) is 78.4 Å². The molecule has 0 N–H and O–H groups in total. The van der Waals surface area contributed by atoms with Crippen molar-refractivity contribution in [2.45, 2.75) is 6.92 Å². The highest BCUT2D eigenvalue weighted by Gasteiger charge is 2.23. The number of carbonyl (C=O) groups is 2. The molecule has 0 bridgehead atoms. The summed E-state index contributed by atoms with van der Waals surface area (Å²) in [7, 11) is 1.50. The largest absolute Gasteiger partial charge is 0.493 e. The predicted octanol–water partition coefficient (Wildman–Crippen LogP) is 4.24. The first-order valence-electron chi connectivity index (χ1n) is 12.2. The van der Waals surface area contributed by atoms with Crippen LogP contribution < -0.4 is 14.4 Å². The zero-order chi connectivity index (χ0) is 25.8. The van der Waals surface area contributed by atoms with Crippen molar-refractivity contribution in [1.82, 2.24) is 15.1 Å². The molecule has 1 aliphatic heterocycles. The maximum atomic E-state index is 12.8. The van der Waals surface area contributed by atoms with Gasteiger partial charge in [-0.3, -0.25) is 9.59 Å². The highest BCUT2D eigenvalue weighted by molar-refractivity contribution is 5.96. The molecule has 0 saturated carbocycles. The minimum atomic E-state index is -0.102. The molecule has 0 unspecified atom stereocenters. The molecule has 1 fully saturated rings. The Morgan fingerprint density at radius 1 is 0.865 bits per heavy atom. The third kappa shape index (κ3) is 5.23. The Bertz CT molecular complexity index is 1420. The molecule has 0 aliphatic carbocycles. The Morgan fingerprint density at radius 2 is 1.65 bits per heavy atom. The summed E-state index contributed by atoms with van der Waals surface area (Å²) in [5, 5.41) is 11.3. The summed E-state index contributed by atoms with van der Waals surface area (Å²) in [4.78, 5) is 28.3. The van der Waals surface area contributed by atoms with Gasteiger partial charge in [0.2, 0.25) is 0 Å². The highest BCUT2D eigenvalue weighted by atomic mass is 16.5. The standard InChI is InChI=1S/C29H28N4O4/c1-20(34)22-10-12-26(27(18-22)36-2)37-19-29(35)33-16-14-32(15-17-33)28-13-11-25(30-31-28)24-9-5-7-21-6-3-4-8-23(21)24/h3-13,18H,14-17,19H2,1-2H3. The normalized spacial score (nSPS) is 13.5. The van der Waals surface area contributed by atoms with E-state index in [4.69, 9.17) is 9.47 Å². The summed E-state index contributed by atoms with van der Waals surface area (Å²) in [6.45, 7) is 3.83. The van der Waals surface area contributed by atoms with E-state index in [-0.39, 0.29) is 18.3 Å². The lowest BCUT2D eigenvalue weighted by Gasteiger charge is -2.35. The van der Waals surface area contributed by atoms with E-state index < -0.39 is 0 Å². The molecule has 5 rings (SSSR count). The number of hydrogen-bond donors (Lipinski definition) is 0. The van der Waals surface area contributed by atoms with Crippen molar-refractivity contribution in [3.63, 3.8) is 0 Å². The minimum absolute atomic E-state index is 0.0633. The first kappa shape index (κ1) is 24.2. The third-order valence-corrected chi connectivity index (χ3v) is 6.59. The van der Waals surface area contributed by atoms with Crippen LogP contribution in [0.3, 0.4) is 0 Å². The molecule has 188 valence electrons. The predicted molar refractivity (Wildman–Crippen MR) is 142 cm³/mol. The number of hydrogen-bond acceptors (Lipinski definition) is 7. The SMILES string of the molecule is COc1cc(C(C)=O)ccc1OCC(=O)N1CCN(c2ccc(-c3cccc4ccccc34)nn2)CC1. The van der Waals surface area contributed by atoms with Crippen molar-refractivity contribution in [1.29, 1.82) is 0 Å². The molecule has 37 heavy (non-hydrogen) atoms. The molecule has 0 spiro atoms. The molecule has 8 nitrogen and oxygen atoms in total. The van der Waals surface area contributed by atoms with Crippen molar-refractivity contribution in [2.24, 2.45) is 0 Å². The quantitative estimate of drug-likeness (QED) is 0.354. The van der Waals surface area contributed by atoms with Crippen LogP contribution in [0.5, 0.6) is 11.5 Å². The van der Waals surface area contributed by atoms with Crippen LogP contribution in [0, 0.1) is 0 Å². The molecule has 1 amide bonds. The lowest BCUT2D eigenvalue weighted by molar-refractivity contribution is -0.133. The summed E-state index contributed by atoms with van der Waals surface area (Å²) in [5.41, 5.74) is 2.42. The molecule has 0 atom stereocenters. The molecule has 1 aliphatic rings. The number of benzene rings is 3. The van der Waals surface area contributed by atoms with Crippen LogP contribution in [-0.2, 0) is 4.79 Å². The summed E-state index contributed by atoms with van der Waals surface area (Å²) in [6, 6.07) is 23.3. The molecular formula is C29H28N4O4. The Balaban J connectivity index is 1.18. The summed E-state index contributed by atoms with van der Waals surface area (Å²) >= 11 is 0. The average Bonchev–Trinajstić information content (AvgIpc) is 2.95. The van der Waals surface area contributed by atoms with Gasteiger partial charge in [0.1, 0.15) is 0 Å². The number of ether oxygens (including phenoxy) is 2. The summed E-state index contributed by atoms with van der Waals surface area (Å²) in [6.07, 6.45) is 0. The van der Waals surface area contributed by atoms with Gasteiger partial charge in [-0.25, -0.2) is 0 Å². The molecule has 1 aromatic heterocycles. The molecule has 4 aromatic rings. The molecule has 3 aromatic carbocycles. The molecular weight excluding hydrogens is 468 g/mol. The number of anilines is 1. The van der Waals surface area contributed by atoms with Gasteiger partial charge in [-0.15, -0.1) is 10.2 Å². The van der Waals surface area contributed by atoms with E-state index in [0.717, 1.165) is 22.5 Å². The van der Waals surface area contributed by atoms with E-state index in [1.807, 2.05) is 30.3 Å².